The number of hydrogen-bond donors (Lipinski definition) is 0. The van der Waals surface area contributed by atoms with Crippen LogP contribution in [0, 0.1) is 5.41 Å². The molecule has 3 fully saturated rings. The Morgan fingerprint density at radius 1 is 0.941 bits per heavy atom. The minimum Gasteiger partial charge on any atom is -0.372 e. The number of alkyl halides is 1. The molecular weight excluding hydrogens is 276 g/mol. The summed E-state index contributed by atoms with van der Waals surface area (Å²) >= 11 is 3.72. The van der Waals surface area contributed by atoms with Gasteiger partial charge in [-0.25, -0.2) is 0 Å². The van der Waals surface area contributed by atoms with E-state index in [9.17, 15) is 0 Å². The topological polar surface area (TPSA) is 9.23 Å². The summed E-state index contributed by atoms with van der Waals surface area (Å²) in [5, 5.41) is 1.19. The molecule has 2 heteroatoms. The summed E-state index contributed by atoms with van der Waals surface area (Å²) in [4.78, 5) is 0. The van der Waals surface area contributed by atoms with Gasteiger partial charge in [0.1, 0.15) is 0 Å². The van der Waals surface area contributed by atoms with Crippen molar-refractivity contribution >= 4 is 15.9 Å². The Kier molecular flexibility index (Phi) is 3.56. The Labute approximate surface area is 114 Å². The number of hydrogen-bond acceptors (Lipinski definition) is 1. The average Bonchev–Trinajstić information content (AvgIpc) is 2.68. The molecular formula is C15H25BrO. The molecule has 1 nitrogen and oxygen atoms in total. The Morgan fingerprint density at radius 2 is 1.71 bits per heavy atom. The molecule has 1 heterocycles. The van der Waals surface area contributed by atoms with E-state index < -0.39 is 0 Å². The van der Waals surface area contributed by atoms with Gasteiger partial charge >= 0.3 is 0 Å². The van der Waals surface area contributed by atoms with Crippen LogP contribution in [0.3, 0.4) is 0 Å². The zero-order chi connectivity index (χ0) is 11.8. The highest BCUT2D eigenvalue weighted by atomic mass is 79.9. The molecule has 2 aliphatic carbocycles. The van der Waals surface area contributed by atoms with Crippen molar-refractivity contribution in [3.63, 3.8) is 0 Å². The Balaban J connectivity index is 1.56. The number of rotatable bonds is 3. The van der Waals surface area contributed by atoms with Gasteiger partial charge in [0.2, 0.25) is 0 Å². The zero-order valence-electron chi connectivity index (χ0n) is 10.8. The molecule has 1 saturated heterocycles. The van der Waals surface area contributed by atoms with Gasteiger partial charge in [0.15, 0.2) is 0 Å². The van der Waals surface area contributed by atoms with Gasteiger partial charge in [0.25, 0.3) is 0 Å². The molecule has 2 saturated carbocycles. The fourth-order valence-electron chi connectivity index (χ4n) is 4.16. The molecule has 3 aliphatic rings. The molecule has 1 atom stereocenters. The molecule has 17 heavy (non-hydrogen) atoms. The lowest BCUT2D eigenvalue weighted by atomic mass is 9.67. The van der Waals surface area contributed by atoms with Crippen molar-refractivity contribution < 1.29 is 4.74 Å². The first kappa shape index (κ1) is 12.5. The SMILES string of the molecule is BrCC1(CC2CCC3(CCCCC3)O2)CCC1. The minimum absolute atomic E-state index is 0.320. The summed E-state index contributed by atoms with van der Waals surface area (Å²) < 4.78 is 6.50. The van der Waals surface area contributed by atoms with Crippen molar-refractivity contribution in [3.8, 4) is 0 Å². The van der Waals surface area contributed by atoms with Crippen LogP contribution in [-0.2, 0) is 4.74 Å². The quantitative estimate of drug-likeness (QED) is 0.679. The molecule has 1 spiro atoms. The van der Waals surface area contributed by atoms with E-state index in [2.05, 4.69) is 15.9 Å². The summed E-state index contributed by atoms with van der Waals surface area (Å²) in [6, 6.07) is 0. The Morgan fingerprint density at radius 3 is 2.29 bits per heavy atom. The fraction of sp³-hybridized carbons (Fsp3) is 1.00. The van der Waals surface area contributed by atoms with Crippen LogP contribution in [0.1, 0.15) is 70.6 Å². The van der Waals surface area contributed by atoms with Crippen LogP contribution >= 0.6 is 15.9 Å². The summed E-state index contributed by atoms with van der Waals surface area (Å²) in [5.74, 6) is 0. The first-order valence-electron chi connectivity index (χ1n) is 7.50. The maximum Gasteiger partial charge on any atom is 0.0687 e. The third-order valence-electron chi connectivity index (χ3n) is 5.46. The summed E-state index contributed by atoms with van der Waals surface area (Å²) in [6.45, 7) is 0. The lowest BCUT2D eigenvalue weighted by molar-refractivity contribution is -0.0817. The van der Waals surface area contributed by atoms with E-state index in [-0.39, 0.29) is 0 Å². The van der Waals surface area contributed by atoms with Gasteiger partial charge in [0.05, 0.1) is 11.7 Å². The Hall–Kier alpha value is 0.440. The van der Waals surface area contributed by atoms with Crippen LogP contribution in [0.4, 0.5) is 0 Å². The third-order valence-corrected chi connectivity index (χ3v) is 6.65. The molecule has 0 N–H and O–H groups in total. The van der Waals surface area contributed by atoms with Crippen molar-refractivity contribution in [3.05, 3.63) is 0 Å². The van der Waals surface area contributed by atoms with Gasteiger partial charge in [-0.15, -0.1) is 0 Å². The third kappa shape index (κ3) is 2.45. The predicted octanol–water partition coefficient (Wildman–Crippen LogP) is 4.82. The lowest BCUT2D eigenvalue weighted by Crippen LogP contribution is -2.37. The molecule has 1 unspecified atom stereocenters. The van der Waals surface area contributed by atoms with Crippen molar-refractivity contribution in [2.24, 2.45) is 5.41 Å². The molecule has 98 valence electrons. The first-order valence-corrected chi connectivity index (χ1v) is 8.62. The maximum atomic E-state index is 6.50. The van der Waals surface area contributed by atoms with E-state index >= 15 is 0 Å². The maximum absolute atomic E-state index is 6.50. The molecule has 0 amide bonds. The molecule has 0 aromatic carbocycles. The summed E-state index contributed by atoms with van der Waals surface area (Å²) in [7, 11) is 0. The second-order valence-corrected chi connectivity index (χ2v) is 7.27. The van der Waals surface area contributed by atoms with E-state index in [0.717, 1.165) is 0 Å². The molecule has 0 radical (unpaired) electrons. The summed E-state index contributed by atoms with van der Waals surface area (Å²) in [5.41, 5.74) is 0.922. The predicted molar refractivity (Wildman–Crippen MR) is 74.6 cm³/mol. The van der Waals surface area contributed by atoms with E-state index in [4.69, 9.17) is 4.74 Å². The van der Waals surface area contributed by atoms with Crippen LogP contribution in [-0.4, -0.2) is 17.0 Å². The number of ether oxygens (including phenoxy) is 1. The van der Waals surface area contributed by atoms with E-state index in [0.29, 0.717) is 17.1 Å². The van der Waals surface area contributed by atoms with Crippen LogP contribution in [0.5, 0.6) is 0 Å². The van der Waals surface area contributed by atoms with Crippen molar-refractivity contribution in [2.75, 3.05) is 5.33 Å². The van der Waals surface area contributed by atoms with Crippen LogP contribution in [0.25, 0.3) is 0 Å². The fourth-order valence-corrected chi connectivity index (χ4v) is 4.94. The molecule has 0 aromatic heterocycles. The van der Waals surface area contributed by atoms with Gasteiger partial charge in [-0.3, -0.25) is 0 Å². The largest absolute Gasteiger partial charge is 0.372 e. The zero-order valence-corrected chi connectivity index (χ0v) is 12.4. The van der Waals surface area contributed by atoms with Crippen molar-refractivity contribution in [1.82, 2.24) is 0 Å². The van der Waals surface area contributed by atoms with Crippen molar-refractivity contribution in [1.29, 1.82) is 0 Å². The molecule has 3 rings (SSSR count). The highest BCUT2D eigenvalue weighted by Gasteiger charge is 2.45. The summed E-state index contributed by atoms with van der Waals surface area (Å²) in [6.07, 6.45) is 15.7. The second kappa shape index (κ2) is 4.85. The van der Waals surface area contributed by atoms with Crippen molar-refractivity contribution in [2.45, 2.75) is 82.3 Å². The molecule has 1 aliphatic heterocycles. The smallest absolute Gasteiger partial charge is 0.0687 e. The van der Waals surface area contributed by atoms with Crippen LogP contribution < -0.4 is 0 Å². The molecule has 0 aromatic rings. The average molecular weight is 301 g/mol. The van der Waals surface area contributed by atoms with Gasteiger partial charge < -0.3 is 4.74 Å². The van der Waals surface area contributed by atoms with E-state index in [1.165, 1.54) is 76.0 Å². The van der Waals surface area contributed by atoms with Gasteiger partial charge in [-0.2, -0.15) is 0 Å². The Bertz CT molecular complexity index is 261. The first-order chi connectivity index (χ1) is 8.26. The molecule has 0 bridgehead atoms. The van der Waals surface area contributed by atoms with Gasteiger partial charge in [-0.1, -0.05) is 41.6 Å². The van der Waals surface area contributed by atoms with Gasteiger partial charge in [-0.05, 0) is 50.4 Å². The number of halogens is 1. The monoisotopic (exact) mass is 300 g/mol. The van der Waals surface area contributed by atoms with E-state index in [1.807, 2.05) is 0 Å². The standard InChI is InChI=1S/C15H25BrO/c16-12-14(6-4-7-14)11-13-5-10-15(17-13)8-2-1-3-9-15/h13H,1-12H2. The highest BCUT2D eigenvalue weighted by molar-refractivity contribution is 9.09. The minimum atomic E-state index is 0.320. The lowest BCUT2D eigenvalue weighted by Gasteiger charge is -2.43. The normalized spacial score (nSPS) is 34.8. The van der Waals surface area contributed by atoms with Crippen LogP contribution in [0.2, 0.25) is 0 Å². The highest BCUT2D eigenvalue weighted by Crippen LogP contribution is 2.50. The van der Waals surface area contributed by atoms with E-state index in [1.54, 1.807) is 0 Å². The van der Waals surface area contributed by atoms with Gasteiger partial charge in [0, 0.05) is 5.33 Å². The second-order valence-electron chi connectivity index (χ2n) is 6.71. The van der Waals surface area contributed by atoms with Crippen LogP contribution in [0.15, 0.2) is 0 Å².